The summed E-state index contributed by atoms with van der Waals surface area (Å²) in [5.74, 6) is -1.29. The average Bonchev–Trinajstić information content (AvgIpc) is 2.38. The summed E-state index contributed by atoms with van der Waals surface area (Å²) in [6.45, 7) is 3.31. The fourth-order valence-electron chi connectivity index (χ4n) is 1.65. The van der Waals surface area contributed by atoms with Crippen molar-refractivity contribution in [2.75, 3.05) is 19.5 Å². The third-order valence-electron chi connectivity index (χ3n) is 2.77. The molecule has 0 spiro atoms. The van der Waals surface area contributed by atoms with Crippen molar-refractivity contribution in [1.29, 1.82) is 0 Å². The van der Waals surface area contributed by atoms with Gasteiger partial charge in [-0.3, -0.25) is 4.79 Å². The monoisotopic (exact) mass is 297 g/mol. The topological polar surface area (TPSA) is 75.6 Å². The number of aryl methyl sites for hydroxylation is 1. The van der Waals surface area contributed by atoms with Gasteiger partial charge in [0.2, 0.25) is 5.91 Å². The largest absolute Gasteiger partial charge is 0.479 e. The van der Waals surface area contributed by atoms with Crippen molar-refractivity contribution in [1.82, 2.24) is 5.32 Å². The minimum absolute atomic E-state index is 0.0803. The number of thioether (sulfide) groups is 1. The summed E-state index contributed by atoms with van der Waals surface area (Å²) in [6, 6.07) is 7.73. The maximum Gasteiger partial charge on any atom is 0.331 e. The Balaban J connectivity index is 2.59. The summed E-state index contributed by atoms with van der Waals surface area (Å²) >= 11 is 1.38. The van der Waals surface area contributed by atoms with E-state index in [9.17, 15) is 9.59 Å². The smallest absolute Gasteiger partial charge is 0.331 e. The number of benzene rings is 1. The highest BCUT2D eigenvalue weighted by atomic mass is 32.2. The van der Waals surface area contributed by atoms with Crippen LogP contribution in [0.4, 0.5) is 0 Å². The van der Waals surface area contributed by atoms with Crippen molar-refractivity contribution >= 4 is 23.6 Å². The van der Waals surface area contributed by atoms with E-state index in [1.165, 1.54) is 25.8 Å². The van der Waals surface area contributed by atoms with Gasteiger partial charge in [0, 0.05) is 12.0 Å². The summed E-state index contributed by atoms with van der Waals surface area (Å²) in [5, 5.41) is 11.6. The maximum atomic E-state index is 11.9. The summed E-state index contributed by atoms with van der Waals surface area (Å²) in [4.78, 5) is 24.1. The summed E-state index contributed by atoms with van der Waals surface area (Å²) in [7, 11) is 1.40. The van der Waals surface area contributed by atoms with Gasteiger partial charge in [-0.2, -0.15) is 0 Å². The Kier molecular flexibility index (Phi) is 6.04. The van der Waals surface area contributed by atoms with Gasteiger partial charge in [-0.25, -0.2) is 4.79 Å². The van der Waals surface area contributed by atoms with E-state index in [0.717, 1.165) is 10.5 Å². The zero-order chi connectivity index (χ0) is 15.2. The number of nitrogens with one attached hydrogen (secondary N) is 1. The van der Waals surface area contributed by atoms with E-state index in [-0.39, 0.29) is 18.3 Å². The van der Waals surface area contributed by atoms with Crippen LogP contribution in [-0.2, 0) is 14.3 Å². The molecular formula is C14H19NO4S. The van der Waals surface area contributed by atoms with Gasteiger partial charge in [0.05, 0.1) is 12.4 Å². The molecule has 110 valence electrons. The lowest BCUT2D eigenvalue weighted by Gasteiger charge is -2.25. The summed E-state index contributed by atoms with van der Waals surface area (Å²) in [6.07, 6.45) is 0. The van der Waals surface area contributed by atoms with Crippen LogP contribution in [0.3, 0.4) is 0 Å². The van der Waals surface area contributed by atoms with Crippen molar-refractivity contribution in [2.24, 2.45) is 0 Å². The van der Waals surface area contributed by atoms with Gasteiger partial charge in [0.25, 0.3) is 0 Å². The third-order valence-corrected chi connectivity index (χ3v) is 3.95. The predicted molar refractivity (Wildman–Crippen MR) is 78.0 cm³/mol. The van der Waals surface area contributed by atoms with E-state index in [2.05, 4.69) is 5.32 Å². The molecule has 1 rings (SSSR count). The minimum atomic E-state index is -1.40. The number of methoxy groups -OCH3 is 1. The van der Waals surface area contributed by atoms with Crippen LogP contribution >= 0.6 is 11.8 Å². The first-order chi connectivity index (χ1) is 9.39. The van der Waals surface area contributed by atoms with Gasteiger partial charge in [-0.1, -0.05) is 18.2 Å². The maximum absolute atomic E-state index is 11.9. The molecule has 0 aromatic heterocycles. The number of amides is 1. The fraction of sp³-hybridized carbons (Fsp3) is 0.429. The molecular weight excluding hydrogens is 278 g/mol. The van der Waals surface area contributed by atoms with Crippen LogP contribution in [0.5, 0.6) is 0 Å². The molecule has 0 aliphatic heterocycles. The number of ether oxygens (including phenoxy) is 1. The molecule has 0 radical (unpaired) electrons. The van der Waals surface area contributed by atoms with Crippen molar-refractivity contribution in [2.45, 2.75) is 24.3 Å². The van der Waals surface area contributed by atoms with E-state index >= 15 is 0 Å². The Morgan fingerprint density at radius 2 is 2.05 bits per heavy atom. The quantitative estimate of drug-likeness (QED) is 0.749. The predicted octanol–water partition coefficient (Wildman–Crippen LogP) is 1.69. The minimum Gasteiger partial charge on any atom is -0.479 e. The van der Waals surface area contributed by atoms with Gasteiger partial charge < -0.3 is 15.2 Å². The van der Waals surface area contributed by atoms with Gasteiger partial charge >= 0.3 is 5.97 Å². The van der Waals surface area contributed by atoms with Gasteiger partial charge in [-0.05, 0) is 25.5 Å². The Morgan fingerprint density at radius 1 is 1.40 bits per heavy atom. The van der Waals surface area contributed by atoms with E-state index in [4.69, 9.17) is 9.84 Å². The summed E-state index contributed by atoms with van der Waals surface area (Å²) in [5.41, 5.74) is -0.318. The van der Waals surface area contributed by atoms with E-state index in [0.29, 0.717) is 0 Å². The highest BCUT2D eigenvalue weighted by molar-refractivity contribution is 8.00. The van der Waals surface area contributed by atoms with Gasteiger partial charge in [0.15, 0.2) is 5.54 Å². The lowest BCUT2D eigenvalue weighted by atomic mass is 10.0. The van der Waals surface area contributed by atoms with Crippen molar-refractivity contribution < 1.29 is 19.4 Å². The molecule has 6 heteroatoms. The fourth-order valence-corrected chi connectivity index (χ4v) is 2.47. The molecule has 0 aliphatic rings. The average molecular weight is 297 g/mol. The number of rotatable bonds is 7. The van der Waals surface area contributed by atoms with Crippen LogP contribution in [0.1, 0.15) is 12.5 Å². The molecule has 1 amide bonds. The number of hydrogen-bond donors (Lipinski definition) is 2. The van der Waals surface area contributed by atoms with E-state index in [1.807, 2.05) is 31.2 Å². The van der Waals surface area contributed by atoms with Crippen molar-refractivity contribution in [3.05, 3.63) is 29.8 Å². The molecule has 1 aromatic rings. The number of carboxylic acid groups (broad SMARTS) is 1. The molecule has 1 atom stereocenters. The Hall–Kier alpha value is -1.53. The Labute approximate surface area is 122 Å². The second-order valence-electron chi connectivity index (χ2n) is 4.67. The molecule has 1 unspecified atom stereocenters. The first-order valence-corrected chi connectivity index (χ1v) is 7.09. The molecule has 0 heterocycles. The van der Waals surface area contributed by atoms with Crippen LogP contribution in [0, 0.1) is 6.92 Å². The summed E-state index contributed by atoms with van der Waals surface area (Å²) < 4.78 is 4.85. The van der Waals surface area contributed by atoms with Crippen molar-refractivity contribution in [3.8, 4) is 0 Å². The normalized spacial score (nSPS) is 13.6. The van der Waals surface area contributed by atoms with Crippen LogP contribution < -0.4 is 5.32 Å². The highest BCUT2D eigenvalue weighted by Crippen LogP contribution is 2.21. The molecule has 0 fully saturated rings. The molecule has 20 heavy (non-hydrogen) atoms. The number of hydrogen-bond acceptors (Lipinski definition) is 4. The van der Waals surface area contributed by atoms with Gasteiger partial charge in [-0.15, -0.1) is 11.8 Å². The second-order valence-corrected chi connectivity index (χ2v) is 5.69. The highest BCUT2D eigenvalue weighted by Gasteiger charge is 2.34. The number of aliphatic carboxylic acids is 1. The lowest BCUT2D eigenvalue weighted by molar-refractivity contribution is -0.148. The van der Waals surface area contributed by atoms with Crippen molar-refractivity contribution in [3.63, 3.8) is 0 Å². The molecule has 0 saturated heterocycles. The first-order valence-electron chi connectivity index (χ1n) is 6.11. The van der Waals surface area contributed by atoms with E-state index < -0.39 is 11.5 Å². The third kappa shape index (κ3) is 4.54. The van der Waals surface area contributed by atoms with Crippen LogP contribution in [-0.4, -0.2) is 42.0 Å². The van der Waals surface area contributed by atoms with Crippen LogP contribution in [0.25, 0.3) is 0 Å². The van der Waals surface area contributed by atoms with Gasteiger partial charge in [0.1, 0.15) is 0 Å². The molecule has 5 nitrogen and oxygen atoms in total. The first kappa shape index (κ1) is 16.5. The molecule has 0 aliphatic carbocycles. The standard InChI is InChI=1S/C14H19NO4S/c1-10-6-4-5-7-11(10)20-8-12(16)15-14(2,9-19-3)13(17)18/h4-7H,8-9H2,1-3H3,(H,15,16)(H,17,18). The zero-order valence-electron chi connectivity index (χ0n) is 11.8. The molecule has 0 bridgehead atoms. The lowest BCUT2D eigenvalue weighted by Crippen LogP contribution is -2.55. The van der Waals surface area contributed by atoms with E-state index in [1.54, 1.807) is 0 Å². The molecule has 2 N–H and O–H groups in total. The zero-order valence-corrected chi connectivity index (χ0v) is 12.6. The Morgan fingerprint density at radius 3 is 2.60 bits per heavy atom. The van der Waals surface area contributed by atoms with Crippen LogP contribution in [0.15, 0.2) is 29.2 Å². The second kappa shape index (κ2) is 7.31. The number of carbonyl (C=O) groups excluding carboxylic acids is 1. The molecule has 1 aromatic carbocycles. The number of carboxylic acids is 1. The molecule has 0 saturated carbocycles. The Bertz CT molecular complexity index is 492. The number of carbonyl (C=O) groups is 2. The van der Waals surface area contributed by atoms with Crippen LogP contribution in [0.2, 0.25) is 0 Å². The SMILES string of the molecule is COCC(C)(NC(=O)CSc1ccccc1C)C(=O)O.